The Hall–Kier alpha value is -1.56. The zero-order valence-electron chi connectivity index (χ0n) is 12.0. The number of benzene rings is 1. The molecule has 1 aromatic carbocycles. The van der Waals surface area contributed by atoms with Gasteiger partial charge in [0.15, 0.2) is 0 Å². The Bertz CT molecular complexity index is 546. The second-order valence-electron chi connectivity index (χ2n) is 5.52. The van der Waals surface area contributed by atoms with Gasteiger partial charge in [-0.1, -0.05) is 18.2 Å². The molecule has 0 spiro atoms. The van der Waals surface area contributed by atoms with E-state index in [2.05, 4.69) is 0 Å². The molecule has 1 aromatic rings. The number of carbonyl (C=O) groups is 1. The van der Waals surface area contributed by atoms with Gasteiger partial charge in [-0.3, -0.25) is 9.10 Å². The molecular formula is C14H21NO4S. The molecule has 0 aliphatic heterocycles. The van der Waals surface area contributed by atoms with Crippen LogP contribution in [0.5, 0.6) is 0 Å². The molecule has 0 unspecified atom stereocenters. The van der Waals surface area contributed by atoms with E-state index in [4.69, 9.17) is 5.11 Å². The number of para-hydroxylation sites is 1. The van der Waals surface area contributed by atoms with Crippen LogP contribution in [0.25, 0.3) is 0 Å². The molecule has 0 aliphatic carbocycles. The Kier molecular flexibility index (Phi) is 5.16. The van der Waals surface area contributed by atoms with Crippen LogP contribution in [0, 0.1) is 0 Å². The zero-order chi connectivity index (χ0) is 15.4. The molecule has 0 fully saturated rings. The van der Waals surface area contributed by atoms with E-state index in [-0.39, 0.29) is 19.4 Å². The van der Waals surface area contributed by atoms with Gasteiger partial charge in [-0.15, -0.1) is 0 Å². The predicted octanol–water partition coefficient (Wildman–Crippen LogP) is 2.49. The summed E-state index contributed by atoms with van der Waals surface area (Å²) in [6, 6.07) is 8.76. The lowest BCUT2D eigenvalue weighted by Crippen LogP contribution is -2.43. The first-order valence-corrected chi connectivity index (χ1v) is 7.89. The summed E-state index contributed by atoms with van der Waals surface area (Å²) in [6.45, 7) is 5.07. The van der Waals surface area contributed by atoms with Gasteiger partial charge in [0.1, 0.15) is 0 Å². The van der Waals surface area contributed by atoms with E-state index < -0.39 is 20.7 Å². The monoisotopic (exact) mass is 299 g/mol. The summed E-state index contributed by atoms with van der Waals surface area (Å²) >= 11 is 0. The van der Waals surface area contributed by atoms with Gasteiger partial charge in [0.25, 0.3) is 0 Å². The summed E-state index contributed by atoms with van der Waals surface area (Å²) in [5.74, 6) is -0.925. The zero-order valence-corrected chi connectivity index (χ0v) is 12.9. The minimum absolute atomic E-state index is 0.0526. The highest BCUT2D eigenvalue weighted by Crippen LogP contribution is 2.26. The maximum atomic E-state index is 12.6. The fraction of sp³-hybridized carbons (Fsp3) is 0.500. The Labute approximate surface area is 120 Å². The van der Waals surface area contributed by atoms with Crippen molar-refractivity contribution in [3.05, 3.63) is 30.3 Å². The van der Waals surface area contributed by atoms with Gasteiger partial charge in [0.05, 0.1) is 10.4 Å². The summed E-state index contributed by atoms with van der Waals surface area (Å²) in [5, 5.41) is 8.69. The largest absolute Gasteiger partial charge is 0.481 e. The van der Waals surface area contributed by atoms with Gasteiger partial charge < -0.3 is 5.11 Å². The first kappa shape index (κ1) is 16.5. The SMILES string of the molecule is CC(C)(C)S(=O)(=O)N(CCCC(=O)O)c1ccccc1. The number of sulfonamides is 1. The van der Waals surface area contributed by atoms with E-state index >= 15 is 0 Å². The Morgan fingerprint density at radius 2 is 1.75 bits per heavy atom. The van der Waals surface area contributed by atoms with Crippen LogP contribution in [0.2, 0.25) is 0 Å². The van der Waals surface area contributed by atoms with Crippen molar-refractivity contribution in [1.29, 1.82) is 0 Å². The Balaban J connectivity index is 3.06. The van der Waals surface area contributed by atoms with Crippen molar-refractivity contribution >= 4 is 21.7 Å². The summed E-state index contributed by atoms with van der Waals surface area (Å²) < 4.78 is 25.6. The van der Waals surface area contributed by atoms with Crippen molar-refractivity contribution in [2.45, 2.75) is 38.4 Å². The number of carboxylic acids is 1. The maximum absolute atomic E-state index is 12.6. The van der Waals surface area contributed by atoms with Gasteiger partial charge >= 0.3 is 5.97 Å². The topological polar surface area (TPSA) is 74.7 Å². The summed E-state index contributed by atoms with van der Waals surface area (Å²) in [4.78, 5) is 10.6. The number of nitrogens with zero attached hydrogens (tertiary/aromatic N) is 1. The minimum Gasteiger partial charge on any atom is -0.481 e. The molecule has 0 saturated heterocycles. The van der Waals surface area contributed by atoms with Crippen LogP contribution in [0.4, 0.5) is 5.69 Å². The molecule has 5 nitrogen and oxygen atoms in total. The van der Waals surface area contributed by atoms with E-state index in [1.54, 1.807) is 45.0 Å². The van der Waals surface area contributed by atoms with Gasteiger partial charge in [0, 0.05) is 13.0 Å². The first-order valence-electron chi connectivity index (χ1n) is 6.45. The van der Waals surface area contributed by atoms with Crippen LogP contribution in [0.1, 0.15) is 33.6 Å². The van der Waals surface area contributed by atoms with E-state index in [9.17, 15) is 13.2 Å². The number of hydrogen-bond donors (Lipinski definition) is 1. The van der Waals surface area contributed by atoms with Crippen LogP contribution < -0.4 is 4.31 Å². The number of hydrogen-bond acceptors (Lipinski definition) is 3. The Morgan fingerprint density at radius 1 is 1.20 bits per heavy atom. The second kappa shape index (κ2) is 6.26. The fourth-order valence-corrected chi connectivity index (χ4v) is 3.12. The smallest absolute Gasteiger partial charge is 0.303 e. The van der Waals surface area contributed by atoms with E-state index in [0.717, 1.165) is 0 Å². The number of rotatable bonds is 6. The van der Waals surface area contributed by atoms with E-state index in [1.807, 2.05) is 6.07 Å². The summed E-state index contributed by atoms with van der Waals surface area (Å²) in [7, 11) is -3.55. The highest BCUT2D eigenvalue weighted by molar-refractivity contribution is 7.94. The third-order valence-corrected chi connectivity index (χ3v) is 5.38. The normalized spacial score (nSPS) is 12.2. The van der Waals surface area contributed by atoms with Crippen molar-refractivity contribution in [2.24, 2.45) is 0 Å². The lowest BCUT2D eigenvalue weighted by atomic mass is 10.3. The van der Waals surface area contributed by atoms with Gasteiger partial charge in [-0.25, -0.2) is 8.42 Å². The molecule has 0 atom stereocenters. The Morgan fingerprint density at radius 3 is 2.20 bits per heavy atom. The third kappa shape index (κ3) is 3.96. The van der Waals surface area contributed by atoms with E-state index in [0.29, 0.717) is 5.69 Å². The second-order valence-corrected chi connectivity index (χ2v) is 8.14. The molecule has 1 N–H and O–H groups in total. The maximum Gasteiger partial charge on any atom is 0.303 e. The molecule has 0 aliphatic rings. The lowest BCUT2D eigenvalue weighted by molar-refractivity contribution is -0.137. The molecule has 0 amide bonds. The van der Waals surface area contributed by atoms with Crippen LogP contribution >= 0.6 is 0 Å². The molecule has 0 bridgehead atoms. The fourth-order valence-electron chi connectivity index (χ4n) is 1.69. The number of carboxylic acid groups (broad SMARTS) is 1. The van der Waals surface area contributed by atoms with Crippen molar-refractivity contribution in [3.8, 4) is 0 Å². The average molecular weight is 299 g/mol. The molecule has 6 heteroatoms. The van der Waals surface area contributed by atoms with Crippen LogP contribution in [-0.2, 0) is 14.8 Å². The molecule has 1 rings (SSSR count). The van der Waals surface area contributed by atoms with Crippen molar-refractivity contribution in [1.82, 2.24) is 0 Å². The standard InChI is InChI=1S/C14H21NO4S/c1-14(2,3)20(18,19)15(11-7-10-13(16)17)12-8-5-4-6-9-12/h4-6,8-9H,7,10-11H2,1-3H3,(H,16,17). The van der Waals surface area contributed by atoms with E-state index in [1.165, 1.54) is 4.31 Å². The molecule has 0 heterocycles. The molecule has 0 saturated carbocycles. The third-order valence-electron chi connectivity index (χ3n) is 2.86. The quantitative estimate of drug-likeness (QED) is 0.875. The van der Waals surface area contributed by atoms with Crippen molar-refractivity contribution in [2.75, 3.05) is 10.8 Å². The van der Waals surface area contributed by atoms with Crippen LogP contribution in [0.15, 0.2) is 30.3 Å². The summed E-state index contributed by atoms with van der Waals surface area (Å²) in [5.41, 5.74) is 0.563. The molecular weight excluding hydrogens is 278 g/mol. The summed E-state index contributed by atoms with van der Waals surface area (Å²) in [6.07, 6.45) is 0.225. The average Bonchev–Trinajstić information content (AvgIpc) is 2.33. The number of aliphatic carboxylic acids is 1. The van der Waals surface area contributed by atoms with Gasteiger partial charge in [0.2, 0.25) is 10.0 Å². The molecule has 112 valence electrons. The van der Waals surface area contributed by atoms with Crippen molar-refractivity contribution < 1.29 is 18.3 Å². The number of anilines is 1. The highest BCUT2D eigenvalue weighted by atomic mass is 32.2. The van der Waals surface area contributed by atoms with Gasteiger partial charge in [-0.2, -0.15) is 0 Å². The van der Waals surface area contributed by atoms with Crippen LogP contribution in [0.3, 0.4) is 0 Å². The van der Waals surface area contributed by atoms with Crippen molar-refractivity contribution in [3.63, 3.8) is 0 Å². The molecule has 0 radical (unpaired) electrons. The van der Waals surface area contributed by atoms with Gasteiger partial charge in [-0.05, 0) is 39.3 Å². The minimum atomic E-state index is -3.55. The first-order chi connectivity index (χ1) is 9.16. The van der Waals surface area contributed by atoms with Crippen LogP contribution in [-0.4, -0.2) is 30.8 Å². The lowest BCUT2D eigenvalue weighted by Gasteiger charge is -2.31. The molecule has 0 aromatic heterocycles. The molecule has 20 heavy (non-hydrogen) atoms. The predicted molar refractivity (Wildman–Crippen MR) is 79.3 cm³/mol. The highest BCUT2D eigenvalue weighted by Gasteiger charge is 2.35.